The van der Waals surface area contributed by atoms with E-state index in [4.69, 9.17) is 0 Å². The number of hydrogen-bond acceptors (Lipinski definition) is 2. The van der Waals surface area contributed by atoms with Crippen molar-refractivity contribution >= 4 is 11.8 Å². The maximum Gasteiger partial charge on any atom is 0.0132 e. The lowest BCUT2D eigenvalue weighted by molar-refractivity contribution is 0.569. The summed E-state index contributed by atoms with van der Waals surface area (Å²) < 4.78 is 0.408. The molecule has 0 aliphatic heterocycles. The van der Waals surface area contributed by atoms with Gasteiger partial charge < -0.3 is 5.32 Å². The molecule has 3 atom stereocenters. The second-order valence-electron chi connectivity index (χ2n) is 5.31. The van der Waals surface area contributed by atoms with Crippen LogP contribution in [0.15, 0.2) is 0 Å². The van der Waals surface area contributed by atoms with Crippen LogP contribution in [0.5, 0.6) is 0 Å². The minimum absolute atomic E-state index is 0.408. The predicted molar refractivity (Wildman–Crippen MR) is 62.4 cm³/mol. The van der Waals surface area contributed by atoms with Crippen LogP contribution in [0, 0.1) is 5.92 Å². The second kappa shape index (κ2) is 4.22. The molecule has 0 aromatic carbocycles. The van der Waals surface area contributed by atoms with Crippen molar-refractivity contribution in [2.75, 3.05) is 5.75 Å². The topological polar surface area (TPSA) is 12.0 Å². The fourth-order valence-electron chi connectivity index (χ4n) is 1.34. The van der Waals surface area contributed by atoms with Gasteiger partial charge in [-0.05, 0) is 19.3 Å². The fourth-order valence-corrected chi connectivity index (χ4v) is 2.19. The van der Waals surface area contributed by atoms with Crippen LogP contribution in [0.2, 0.25) is 0 Å². The van der Waals surface area contributed by atoms with Crippen LogP contribution >= 0.6 is 11.8 Å². The number of rotatable bonds is 4. The molecule has 0 aromatic rings. The summed E-state index contributed by atoms with van der Waals surface area (Å²) in [5.74, 6) is 2.15. The predicted octanol–water partition coefficient (Wildman–Crippen LogP) is 2.90. The van der Waals surface area contributed by atoms with Crippen LogP contribution in [0.25, 0.3) is 0 Å². The lowest BCUT2D eigenvalue weighted by atomic mass is 10.3. The average molecular weight is 201 g/mol. The third-order valence-electron chi connectivity index (χ3n) is 2.37. The lowest BCUT2D eigenvalue weighted by Crippen LogP contribution is -2.32. The van der Waals surface area contributed by atoms with Gasteiger partial charge in [0, 0.05) is 22.6 Å². The summed E-state index contributed by atoms with van der Waals surface area (Å²) in [5, 5.41) is 3.66. The van der Waals surface area contributed by atoms with Gasteiger partial charge in [-0.3, -0.25) is 0 Å². The van der Waals surface area contributed by atoms with E-state index in [9.17, 15) is 0 Å². The van der Waals surface area contributed by atoms with Gasteiger partial charge in [0.1, 0.15) is 0 Å². The van der Waals surface area contributed by atoms with E-state index in [0.717, 1.165) is 12.0 Å². The van der Waals surface area contributed by atoms with Crippen LogP contribution in [-0.4, -0.2) is 22.6 Å². The molecule has 0 bridgehead atoms. The van der Waals surface area contributed by atoms with Gasteiger partial charge in [0.15, 0.2) is 0 Å². The van der Waals surface area contributed by atoms with Crippen LogP contribution < -0.4 is 5.32 Å². The van der Waals surface area contributed by atoms with E-state index in [0.29, 0.717) is 10.8 Å². The molecule has 1 aliphatic rings. The Labute approximate surface area is 87.1 Å². The molecule has 1 saturated carbocycles. The van der Waals surface area contributed by atoms with Gasteiger partial charge in [-0.2, -0.15) is 11.8 Å². The highest BCUT2D eigenvalue weighted by molar-refractivity contribution is 8.00. The summed E-state index contributed by atoms with van der Waals surface area (Å²) in [6.45, 7) is 11.5. The molecular formula is C11H23NS. The van der Waals surface area contributed by atoms with Gasteiger partial charge in [0.2, 0.25) is 0 Å². The Balaban J connectivity index is 2.07. The first-order valence-electron chi connectivity index (χ1n) is 5.28. The normalized spacial score (nSPS) is 30.2. The first-order chi connectivity index (χ1) is 5.88. The first-order valence-corrected chi connectivity index (χ1v) is 6.27. The lowest BCUT2D eigenvalue weighted by Gasteiger charge is -2.21. The number of hydrogen-bond donors (Lipinski definition) is 1. The molecule has 3 unspecified atom stereocenters. The zero-order valence-electron chi connectivity index (χ0n) is 9.55. The van der Waals surface area contributed by atoms with E-state index in [1.165, 1.54) is 12.2 Å². The van der Waals surface area contributed by atoms with Crippen LogP contribution in [0.4, 0.5) is 0 Å². The fraction of sp³-hybridized carbons (Fsp3) is 1.00. The minimum atomic E-state index is 0.408. The van der Waals surface area contributed by atoms with Gasteiger partial charge in [-0.1, -0.05) is 27.7 Å². The summed E-state index contributed by atoms with van der Waals surface area (Å²) in [6, 6.07) is 1.48. The Morgan fingerprint density at radius 3 is 2.38 bits per heavy atom. The molecule has 1 aliphatic carbocycles. The first kappa shape index (κ1) is 11.4. The van der Waals surface area contributed by atoms with Crippen molar-refractivity contribution in [3.63, 3.8) is 0 Å². The highest BCUT2D eigenvalue weighted by atomic mass is 32.2. The molecule has 2 heteroatoms. The van der Waals surface area contributed by atoms with Gasteiger partial charge in [0.25, 0.3) is 0 Å². The molecule has 1 N–H and O–H groups in total. The molecule has 1 rings (SSSR count). The quantitative estimate of drug-likeness (QED) is 0.750. The summed E-state index contributed by atoms with van der Waals surface area (Å²) in [4.78, 5) is 0. The van der Waals surface area contributed by atoms with Crippen LogP contribution in [-0.2, 0) is 0 Å². The molecule has 0 heterocycles. The Morgan fingerprint density at radius 1 is 1.46 bits per heavy atom. The SMILES string of the molecule is CC(CSC(C)(C)C)NC1CC1C. The van der Waals surface area contributed by atoms with Crippen molar-refractivity contribution < 1.29 is 0 Å². The number of nitrogens with one attached hydrogen (secondary N) is 1. The monoisotopic (exact) mass is 201 g/mol. The van der Waals surface area contributed by atoms with Gasteiger partial charge >= 0.3 is 0 Å². The summed E-state index contributed by atoms with van der Waals surface area (Å²) in [6.07, 6.45) is 1.38. The largest absolute Gasteiger partial charge is 0.310 e. The van der Waals surface area contributed by atoms with E-state index < -0.39 is 0 Å². The zero-order valence-corrected chi connectivity index (χ0v) is 10.4. The zero-order chi connectivity index (χ0) is 10.1. The maximum absolute atomic E-state index is 3.66. The van der Waals surface area contributed by atoms with Crippen molar-refractivity contribution in [3.05, 3.63) is 0 Å². The van der Waals surface area contributed by atoms with Crippen molar-refractivity contribution in [2.24, 2.45) is 5.92 Å². The molecule has 13 heavy (non-hydrogen) atoms. The van der Waals surface area contributed by atoms with Gasteiger partial charge in [-0.15, -0.1) is 0 Å². The van der Waals surface area contributed by atoms with Crippen LogP contribution in [0.3, 0.4) is 0 Å². The molecule has 1 fully saturated rings. The van der Waals surface area contributed by atoms with Gasteiger partial charge in [-0.25, -0.2) is 0 Å². The van der Waals surface area contributed by atoms with E-state index >= 15 is 0 Å². The standard InChI is InChI=1S/C11H23NS/c1-8-6-10(8)12-9(2)7-13-11(3,4)5/h8-10,12H,6-7H2,1-5H3. The van der Waals surface area contributed by atoms with Crippen molar-refractivity contribution in [1.29, 1.82) is 0 Å². The third-order valence-corrected chi connectivity index (χ3v) is 3.91. The molecular weight excluding hydrogens is 178 g/mol. The highest BCUT2D eigenvalue weighted by Crippen LogP contribution is 2.30. The smallest absolute Gasteiger partial charge is 0.0132 e. The van der Waals surface area contributed by atoms with E-state index in [1.807, 2.05) is 0 Å². The minimum Gasteiger partial charge on any atom is -0.310 e. The van der Waals surface area contributed by atoms with E-state index in [-0.39, 0.29) is 0 Å². The van der Waals surface area contributed by atoms with Gasteiger partial charge in [0.05, 0.1) is 0 Å². The molecule has 0 aromatic heterocycles. The second-order valence-corrected chi connectivity index (χ2v) is 7.16. The number of thioether (sulfide) groups is 1. The van der Waals surface area contributed by atoms with Crippen molar-refractivity contribution in [1.82, 2.24) is 5.32 Å². The van der Waals surface area contributed by atoms with E-state index in [1.54, 1.807) is 0 Å². The third kappa shape index (κ3) is 4.92. The highest BCUT2D eigenvalue weighted by Gasteiger charge is 2.33. The van der Waals surface area contributed by atoms with E-state index in [2.05, 4.69) is 51.7 Å². The summed E-state index contributed by atoms with van der Waals surface area (Å²) in [5.41, 5.74) is 0. The van der Waals surface area contributed by atoms with Crippen molar-refractivity contribution in [2.45, 2.75) is 57.9 Å². The molecule has 0 radical (unpaired) electrons. The molecule has 0 spiro atoms. The summed E-state index contributed by atoms with van der Waals surface area (Å²) >= 11 is 2.05. The Kier molecular flexibility index (Phi) is 3.70. The van der Waals surface area contributed by atoms with Crippen molar-refractivity contribution in [3.8, 4) is 0 Å². The maximum atomic E-state index is 3.66. The molecule has 0 saturated heterocycles. The van der Waals surface area contributed by atoms with Crippen LogP contribution in [0.1, 0.15) is 41.0 Å². The Hall–Kier alpha value is 0.310. The molecule has 1 nitrogen and oxygen atoms in total. The Bertz CT molecular complexity index is 162. The Morgan fingerprint density at radius 2 is 2.00 bits per heavy atom. The summed E-state index contributed by atoms with van der Waals surface area (Å²) in [7, 11) is 0. The molecule has 0 amide bonds. The molecule has 78 valence electrons. The average Bonchev–Trinajstić information content (AvgIpc) is 2.61.